The van der Waals surface area contributed by atoms with Crippen LogP contribution in [-0.4, -0.2) is 17.2 Å². The van der Waals surface area contributed by atoms with E-state index in [1.807, 2.05) is 0 Å². The van der Waals surface area contributed by atoms with E-state index in [2.05, 4.69) is 26.2 Å². The van der Waals surface area contributed by atoms with Crippen molar-refractivity contribution in [2.24, 2.45) is 0 Å². The standard InChI is InChI=1S/C14H10BrClN2O3/c15-11-5-10(14(21)18-12(11)7-19)13(20)17-6-8-1-3-9(16)4-2-8/h1-5,7H,6H2,(H,17,20)(H,18,21). The third kappa shape index (κ3) is 3.80. The Kier molecular flexibility index (Phi) is 4.93. The van der Waals surface area contributed by atoms with Crippen LogP contribution in [0.5, 0.6) is 0 Å². The Balaban J connectivity index is 2.13. The van der Waals surface area contributed by atoms with E-state index in [4.69, 9.17) is 11.6 Å². The van der Waals surface area contributed by atoms with Crippen LogP contribution in [0.4, 0.5) is 0 Å². The monoisotopic (exact) mass is 368 g/mol. The molecule has 108 valence electrons. The molecule has 2 rings (SSSR count). The smallest absolute Gasteiger partial charge is 0.261 e. The van der Waals surface area contributed by atoms with Crippen molar-refractivity contribution in [1.82, 2.24) is 10.3 Å². The van der Waals surface area contributed by atoms with Crippen LogP contribution in [0.2, 0.25) is 5.02 Å². The summed E-state index contributed by atoms with van der Waals surface area (Å²) in [5, 5.41) is 3.24. The number of hydrogen-bond acceptors (Lipinski definition) is 3. The molecule has 0 unspecified atom stereocenters. The quantitative estimate of drug-likeness (QED) is 0.813. The fourth-order valence-electron chi connectivity index (χ4n) is 1.65. The maximum absolute atomic E-state index is 12.0. The second-order valence-electron chi connectivity index (χ2n) is 4.20. The minimum absolute atomic E-state index is 0.0681. The topological polar surface area (TPSA) is 79.0 Å². The van der Waals surface area contributed by atoms with Gasteiger partial charge in [-0.1, -0.05) is 23.7 Å². The summed E-state index contributed by atoms with van der Waals surface area (Å²) in [4.78, 5) is 36.7. The number of amides is 1. The average molecular weight is 370 g/mol. The van der Waals surface area contributed by atoms with Gasteiger partial charge in [0.25, 0.3) is 11.5 Å². The first-order chi connectivity index (χ1) is 10.0. The van der Waals surface area contributed by atoms with E-state index in [9.17, 15) is 14.4 Å². The number of aldehydes is 1. The van der Waals surface area contributed by atoms with E-state index in [1.54, 1.807) is 24.3 Å². The average Bonchev–Trinajstić information content (AvgIpc) is 2.48. The molecule has 0 bridgehead atoms. The molecule has 0 spiro atoms. The van der Waals surface area contributed by atoms with Crippen molar-refractivity contribution < 1.29 is 9.59 Å². The SMILES string of the molecule is O=Cc1[nH]c(=O)c(C(=O)NCc2ccc(Cl)cc2)cc1Br. The number of carbonyl (C=O) groups excluding carboxylic acids is 2. The van der Waals surface area contributed by atoms with Crippen LogP contribution in [0.15, 0.2) is 39.6 Å². The second kappa shape index (κ2) is 6.69. The molecule has 1 aromatic carbocycles. The zero-order valence-electron chi connectivity index (χ0n) is 10.7. The van der Waals surface area contributed by atoms with Gasteiger partial charge in [0.15, 0.2) is 6.29 Å². The Morgan fingerprint density at radius 2 is 2.00 bits per heavy atom. The normalized spacial score (nSPS) is 10.2. The third-order valence-corrected chi connectivity index (χ3v) is 3.66. The van der Waals surface area contributed by atoms with E-state index < -0.39 is 11.5 Å². The van der Waals surface area contributed by atoms with Gasteiger partial charge in [-0.3, -0.25) is 14.4 Å². The molecule has 5 nitrogen and oxygen atoms in total. The van der Waals surface area contributed by atoms with Crippen molar-refractivity contribution in [2.75, 3.05) is 0 Å². The number of hydrogen-bond donors (Lipinski definition) is 2. The summed E-state index contributed by atoms with van der Waals surface area (Å²) >= 11 is 8.89. The number of nitrogens with one attached hydrogen (secondary N) is 2. The molecule has 0 saturated carbocycles. The molecule has 0 radical (unpaired) electrons. The van der Waals surface area contributed by atoms with Gasteiger partial charge in [-0.25, -0.2) is 0 Å². The molecule has 1 aromatic heterocycles. The zero-order chi connectivity index (χ0) is 15.4. The molecule has 1 amide bonds. The third-order valence-electron chi connectivity index (χ3n) is 2.75. The van der Waals surface area contributed by atoms with Gasteiger partial charge in [0, 0.05) is 16.0 Å². The Hall–Kier alpha value is -1.92. The van der Waals surface area contributed by atoms with E-state index in [1.165, 1.54) is 6.07 Å². The molecule has 21 heavy (non-hydrogen) atoms. The van der Waals surface area contributed by atoms with Gasteiger partial charge in [0.1, 0.15) is 5.56 Å². The molecule has 0 aliphatic carbocycles. The summed E-state index contributed by atoms with van der Waals surface area (Å²) < 4.78 is 0.355. The van der Waals surface area contributed by atoms with Gasteiger partial charge in [0.05, 0.1) is 5.69 Å². The van der Waals surface area contributed by atoms with Crippen LogP contribution < -0.4 is 10.9 Å². The molecule has 7 heteroatoms. The van der Waals surface area contributed by atoms with Crippen LogP contribution in [0, 0.1) is 0 Å². The van der Waals surface area contributed by atoms with Crippen LogP contribution in [-0.2, 0) is 6.54 Å². The predicted molar refractivity (Wildman–Crippen MR) is 82.8 cm³/mol. The Morgan fingerprint density at radius 3 is 2.62 bits per heavy atom. The molecule has 0 aliphatic rings. The summed E-state index contributed by atoms with van der Waals surface area (Å²) in [6, 6.07) is 8.30. The van der Waals surface area contributed by atoms with Gasteiger partial charge < -0.3 is 10.3 Å². The molecule has 0 atom stereocenters. The van der Waals surface area contributed by atoms with Crippen molar-refractivity contribution in [1.29, 1.82) is 0 Å². The fourth-order valence-corrected chi connectivity index (χ4v) is 2.20. The number of halogens is 2. The van der Waals surface area contributed by atoms with Crippen LogP contribution in [0.3, 0.4) is 0 Å². The number of benzene rings is 1. The molecule has 1 heterocycles. The summed E-state index contributed by atoms with van der Waals surface area (Å²) in [6.07, 6.45) is 0.501. The van der Waals surface area contributed by atoms with E-state index in [0.717, 1.165) is 5.56 Å². The fraction of sp³-hybridized carbons (Fsp3) is 0.0714. The summed E-state index contributed by atoms with van der Waals surface area (Å²) in [6.45, 7) is 0.266. The molecule has 0 fully saturated rings. The van der Waals surface area contributed by atoms with Crippen LogP contribution in [0.25, 0.3) is 0 Å². The Morgan fingerprint density at radius 1 is 1.33 bits per heavy atom. The minimum atomic E-state index is -0.617. The van der Waals surface area contributed by atoms with Crippen molar-refractivity contribution >= 4 is 39.7 Å². The number of pyridine rings is 1. The molecule has 2 N–H and O–H groups in total. The van der Waals surface area contributed by atoms with E-state index in [0.29, 0.717) is 15.8 Å². The summed E-state index contributed by atoms with van der Waals surface area (Å²) in [5.74, 6) is -0.524. The Labute approximate surface area is 133 Å². The first-order valence-electron chi connectivity index (χ1n) is 5.92. The number of aromatic amines is 1. The number of H-pyrrole nitrogens is 1. The molecule has 2 aromatic rings. The van der Waals surface area contributed by atoms with Crippen molar-refractivity contribution in [3.05, 3.63) is 67.0 Å². The van der Waals surface area contributed by atoms with Crippen LogP contribution in [0.1, 0.15) is 26.4 Å². The molecule has 0 saturated heterocycles. The minimum Gasteiger partial charge on any atom is -0.348 e. The lowest BCUT2D eigenvalue weighted by Gasteiger charge is -2.06. The molecular formula is C14H10BrClN2O3. The Bertz CT molecular complexity index is 741. The second-order valence-corrected chi connectivity index (χ2v) is 5.49. The van der Waals surface area contributed by atoms with Gasteiger partial charge >= 0.3 is 0 Å². The largest absolute Gasteiger partial charge is 0.348 e. The molecule has 0 aliphatic heterocycles. The van der Waals surface area contributed by atoms with Crippen molar-refractivity contribution in [2.45, 2.75) is 6.54 Å². The highest BCUT2D eigenvalue weighted by molar-refractivity contribution is 9.10. The zero-order valence-corrected chi connectivity index (χ0v) is 13.0. The lowest BCUT2D eigenvalue weighted by atomic mass is 10.2. The lowest BCUT2D eigenvalue weighted by molar-refractivity contribution is 0.0948. The summed E-state index contributed by atoms with van der Waals surface area (Å²) in [7, 11) is 0. The maximum atomic E-state index is 12.0. The van der Waals surface area contributed by atoms with Gasteiger partial charge in [0.2, 0.25) is 0 Å². The summed E-state index contributed by atoms with van der Waals surface area (Å²) in [5.41, 5.74) is 0.261. The van der Waals surface area contributed by atoms with E-state index in [-0.39, 0.29) is 17.8 Å². The van der Waals surface area contributed by atoms with Crippen LogP contribution >= 0.6 is 27.5 Å². The first kappa shape index (κ1) is 15.5. The maximum Gasteiger partial charge on any atom is 0.261 e. The highest BCUT2D eigenvalue weighted by atomic mass is 79.9. The highest BCUT2D eigenvalue weighted by Gasteiger charge is 2.13. The van der Waals surface area contributed by atoms with Gasteiger partial charge in [-0.05, 0) is 39.7 Å². The number of aromatic nitrogens is 1. The lowest BCUT2D eigenvalue weighted by Crippen LogP contribution is -2.29. The van der Waals surface area contributed by atoms with Crippen molar-refractivity contribution in [3.8, 4) is 0 Å². The van der Waals surface area contributed by atoms with Gasteiger partial charge in [-0.2, -0.15) is 0 Å². The van der Waals surface area contributed by atoms with E-state index >= 15 is 0 Å². The first-order valence-corrected chi connectivity index (χ1v) is 7.09. The predicted octanol–water partition coefficient (Wildman–Crippen LogP) is 2.53. The number of rotatable bonds is 4. The van der Waals surface area contributed by atoms with Crippen molar-refractivity contribution in [3.63, 3.8) is 0 Å². The highest BCUT2D eigenvalue weighted by Crippen LogP contribution is 2.12. The molecular weight excluding hydrogens is 360 g/mol. The number of carbonyl (C=O) groups is 2. The van der Waals surface area contributed by atoms with Gasteiger partial charge in [-0.15, -0.1) is 0 Å².